The Balaban J connectivity index is 2.30. The number of anilines is 2. The minimum Gasteiger partial charge on any atom is -0.495 e. The van der Waals surface area contributed by atoms with Crippen LogP contribution < -0.4 is 15.8 Å². The highest BCUT2D eigenvalue weighted by Crippen LogP contribution is 2.28. The first kappa shape index (κ1) is 13.9. The molecule has 2 aromatic rings. The third kappa shape index (κ3) is 2.74. The highest BCUT2D eigenvalue weighted by Gasteiger charge is 2.13. The molecule has 0 saturated heterocycles. The molecular weight excluding hydrogens is 256 g/mol. The summed E-state index contributed by atoms with van der Waals surface area (Å²) in [5, 5.41) is 6.62. The van der Waals surface area contributed by atoms with Gasteiger partial charge in [-0.15, -0.1) is 0 Å². The van der Waals surface area contributed by atoms with E-state index in [1.165, 1.54) is 6.20 Å². The molecule has 1 aromatic heterocycles. The predicted molar refractivity (Wildman–Crippen MR) is 78.1 cm³/mol. The summed E-state index contributed by atoms with van der Waals surface area (Å²) in [4.78, 5) is 12.1. The van der Waals surface area contributed by atoms with Gasteiger partial charge >= 0.3 is 6.03 Å². The summed E-state index contributed by atoms with van der Waals surface area (Å²) in [7, 11) is 1.56. The molecule has 0 fully saturated rings. The minimum absolute atomic E-state index is 0.279. The number of carbonyl (C=O) groups excluding carboxylic acids is 1. The van der Waals surface area contributed by atoms with Crippen LogP contribution in [0.5, 0.6) is 5.75 Å². The third-order valence-corrected chi connectivity index (χ3v) is 3.00. The summed E-state index contributed by atoms with van der Waals surface area (Å²) in [5.74, 6) is 1.22. The van der Waals surface area contributed by atoms with E-state index in [-0.39, 0.29) is 5.82 Å². The second-order valence-corrected chi connectivity index (χ2v) is 4.71. The van der Waals surface area contributed by atoms with Crippen molar-refractivity contribution in [3.63, 3.8) is 0 Å². The van der Waals surface area contributed by atoms with Crippen LogP contribution in [0.2, 0.25) is 0 Å². The number of rotatable bonds is 3. The standard InChI is InChI=1S/C14H18N4O2/c1-9(2)10-4-5-12(20-3)11(8-10)17-14(19)18-13(15)6-7-16-18/h4-9H,15H2,1-3H3,(H,17,19). The van der Waals surface area contributed by atoms with Crippen molar-refractivity contribution in [1.29, 1.82) is 0 Å². The molecule has 0 spiro atoms. The number of nitrogens with zero attached hydrogens (tertiary/aromatic N) is 2. The van der Waals surface area contributed by atoms with Crippen LogP contribution in [0.4, 0.5) is 16.3 Å². The van der Waals surface area contributed by atoms with E-state index < -0.39 is 6.03 Å². The number of methoxy groups -OCH3 is 1. The average molecular weight is 274 g/mol. The highest BCUT2D eigenvalue weighted by atomic mass is 16.5. The molecule has 0 aliphatic heterocycles. The van der Waals surface area contributed by atoms with Gasteiger partial charge in [0, 0.05) is 6.07 Å². The number of nitrogens with one attached hydrogen (secondary N) is 1. The monoisotopic (exact) mass is 274 g/mol. The lowest BCUT2D eigenvalue weighted by molar-refractivity contribution is 0.251. The third-order valence-electron chi connectivity index (χ3n) is 3.00. The molecule has 0 aliphatic carbocycles. The fourth-order valence-corrected chi connectivity index (χ4v) is 1.83. The molecule has 0 aliphatic rings. The minimum atomic E-state index is -0.424. The molecule has 2 rings (SSSR count). The Morgan fingerprint density at radius 1 is 1.40 bits per heavy atom. The molecule has 6 heteroatoms. The maximum absolute atomic E-state index is 12.1. The van der Waals surface area contributed by atoms with Crippen molar-refractivity contribution in [3.05, 3.63) is 36.0 Å². The number of ether oxygens (including phenoxy) is 1. The van der Waals surface area contributed by atoms with Gasteiger partial charge in [0.05, 0.1) is 19.0 Å². The molecule has 1 amide bonds. The van der Waals surface area contributed by atoms with Crippen LogP contribution in [0.3, 0.4) is 0 Å². The molecule has 0 atom stereocenters. The molecule has 0 saturated carbocycles. The SMILES string of the molecule is COc1ccc(C(C)C)cc1NC(=O)n1nccc1N. The van der Waals surface area contributed by atoms with Crippen molar-refractivity contribution in [2.75, 3.05) is 18.2 Å². The Morgan fingerprint density at radius 3 is 2.70 bits per heavy atom. The fourth-order valence-electron chi connectivity index (χ4n) is 1.83. The van der Waals surface area contributed by atoms with E-state index in [1.807, 2.05) is 18.2 Å². The van der Waals surface area contributed by atoms with Crippen molar-refractivity contribution >= 4 is 17.5 Å². The van der Waals surface area contributed by atoms with Crippen LogP contribution in [-0.2, 0) is 0 Å². The first-order valence-electron chi connectivity index (χ1n) is 6.31. The molecule has 106 valence electrons. The summed E-state index contributed by atoms with van der Waals surface area (Å²) in [5.41, 5.74) is 7.35. The summed E-state index contributed by atoms with van der Waals surface area (Å²) in [6.07, 6.45) is 1.47. The number of hydrogen-bond acceptors (Lipinski definition) is 4. The number of hydrogen-bond donors (Lipinski definition) is 2. The maximum Gasteiger partial charge on any atom is 0.348 e. The predicted octanol–water partition coefficient (Wildman–Crippen LogP) is 2.68. The Kier molecular flexibility index (Phi) is 3.93. The number of amides is 1. The Hall–Kier alpha value is -2.50. The highest BCUT2D eigenvalue weighted by molar-refractivity contribution is 5.93. The smallest absolute Gasteiger partial charge is 0.348 e. The van der Waals surface area contributed by atoms with Crippen LogP contribution >= 0.6 is 0 Å². The van der Waals surface area contributed by atoms with Gasteiger partial charge in [-0.2, -0.15) is 9.78 Å². The van der Waals surface area contributed by atoms with Gasteiger partial charge in [-0.25, -0.2) is 4.79 Å². The lowest BCUT2D eigenvalue weighted by Gasteiger charge is -2.13. The molecule has 0 bridgehead atoms. The van der Waals surface area contributed by atoms with Crippen LogP contribution in [0, 0.1) is 0 Å². The van der Waals surface area contributed by atoms with Crippen molar-refractivity contribution in [3.8, 4) is 5.75 Å². The Bertz CT molecular complexity index is 619. The largest absolute Gasteiger partial charge is 0.495 e. The Morgan fingerprint density at radius 2 is 2.15 bits per heavy atom. The van der Waals surface area contributed by atoms with Gasteiger partial charge in [0.2, 0.25) is 0 Å². The summed E-state index contributed by atoms with van der Waals surface area (Å²) in [6.45, 7) is 4.16. The first-order chi connectivity index (χ1) is 9.52. The van der Waals surface area contributed by atoms with Gasteiger partial charge in [0.15, 0.2) is 0 Å². The molecule has 0 unspecified atom stereocenters. The quantitative estimate of drug-likeness (QED) is 0.901. The zero-order valence-electron chi connectivity index (χ0n) is 11.8. The van der Waals surface area contributed by atoms with Gasteiger partial charge in [-0.3, -0.25) is 0 Å². The maximum atomic E-state index is 12.1. The van der Waals surface area contributed by atoms with Gasteiger partial charge in [0.25, 0.3) is 0 Å². The summed E-state index contributed by atoms with van der Waals surface area (Å²) in [6, 6.07) is 6.83. The molecule has 0 radical (unpaired) electrons. The number of carbonyl (C=O) groups is 1. The van der Waals surface area contributed by atoms with Crippen LogP contribution in [-0.4, -0.2) is 22.9 Å². The fraction of sp³-hybridized carbons (Fsp3) is 0.286. The van der Waals surface area contributed by atoms with E-state index in [4.69, 9.17) is 10.5 Å². The van der Waals surface area contributed by atoms with Crippen LogP contribution in [0.25, 0.3) is 0 Å². The van der Waals surface area contributed by atoms with Crippen molar-refractivity contribution in [2.24, 2.45) is 0 Å². The topological polar surface area (TPSA) is 82.2 Å². The van der Waals surface area contributed by atoms with E-state index in [9.17, 15) is 4.79 Å². The molecule has 20 heavy (non-hydrogen) atoms. The number of nitrogens with two attached hydrogens (primary N) is 1. The second kappa shape index (κ2) is 5.64. The molecule has 1 heterocycles. The Labute approximate surface area is 117 Å². The van der Waals surface area contributed by atoms with E-state index in [0.29, 0.717) is 17.4 Å². The van der Waals surface area contributed by atoms with Crippen molar-refractivity contribution < 1.29 is 9.53 Å². The van der Waals surface area contributed by atoms with Gasteiger partial charge < -0.3 is 15.8 Å². The summed E-state index contributed by atoms with van der Waals surface area (Å²) < 4.78 is 6.35. The molecule has 6 nitrogen and oxygen atoms in total. The van der Waals surface area contributed by atoms with Gasteiger partial charge in [0.1, 0.15) is 11.6 Å². The molecule has 3 N–H and O–H groups in total. The van der Waals surface area contributed by atoms with Gasteiger partial charge in [-0.05, 0) is 23.6 Å². The van der Waals surface area contributed by atoms with E-state index >= 15 is 0 Å². The molecule has 1 aromatic carbocycles. The summed E-state index contributed by atoms with van der Waals surface area (Å²) >= 11 is 0. The number of nitrogen functional groups attached to an aromatic ring is 1. The zero-order chi connectivity index (χ0) is 14.7. The van der Waals surface area contributed by atoms with Crippen LogP contribution in [0.15, 0.2) is 30.5 Å². The van der Waals surface area contributed by atoms with E-state index in [1.54, 1.807) is 13.2 Å². The van der Waals surface area contributed by atoms with E-state index in [2.05, 4.69) is 24.3 Å². The second-order valence-electron chi connectivity index (χ2n) is 4.71. The van der Waals surface area contributed by atoms with Crippen LogP contribution in [0.1, 0.15) is 25.3 Å². The first-order valence-corrected chi connectivity index (χ1v) is 6.31. The lowest BCUT2D eigenvalue weighted by Crippen LogP contribution is -2.22. The average Bonchev–Trinajstić information content (AvgIpc) is 2.84. The van der Waals surface area contributed by atoms with E-state index in [0.717, 1.165) is 10.2 Å². The number of aromatic nitrogens is 2. The normalized spacial score (nSPS) is 10.6. The zero-order valence-corrected chi connectivity index (χ0v) is 11.8. The van der Waals surface area contributed by atoms with Crippen molar-refractivity contribution in [1.82, 2.24) is 9.78 Å². The number of benzene rings is 1. The molecular formula is C14H18N4O2. The van der Waals surface area contributed by atoms with Crippen molar-refractivity contribution in [2.45, 2.75) is 19.8 Å². The lowest BCUT2D eigenvalue weighted by atomic mass is 10.0. The van der Waals surface area contributed by atoms with Gasteiger partial charge in [-0.1, -0.05) is 19.9 Å².